The molecule has 1 aliphatic heterocycles. The van der Waals surface area contributed by atoms with Crippen LogP contribution in [0.15, 0.2) is 102 Å². The molecule has 5 aromatic rings. The molecule has 4 aromatic carbocycles. The minimum atomic E-state index is -4.35. The van der Waals surface area contributed by atoms with Crippen molar-refractivity contribution in [2.24, 2.45) is 0 Å². The number of pyridine rings is 1. The van der Waals surface area contributed by atoms with Gasteiger partial charge in [-0.25, -0.2) is 17.5 Å². The lowest BCUT2D eigenvalue weighted by Gasteiger charge is -2.32. The van der Waals surface area contributed by atoms with Gasteiger partial charge < -0.3 is 25.0 Å². The number of carbonyl (C=O) groups excluding carboxylic acids is 2. The van der Waals surface area contributed by atoms with Gasteiger partial charge in [-0.15, -0.1) is 0 Å². The lowest BCUT2D eigenvalue weighted by Crippen LogP contribution is -2.42. The van der Waals surface area contributed by atoms with Crippen molar-refractivity contribution >= 4 is 55.8 Å². The Hall–Kier alpha value is -5.33. The molecule has 2 N–H and O–H groups in total. The minimum Gasteiger partial charge on any atom is -0.497 e. The summed E-state index contributed by atoms with van der Waals surface area (Å²) in [5, 5.41) is 7.25. The number of urea groups is 1. The van der Waals surface area contributed by atoms with Crippen LogP contribution in [-0.4, -0.2) is 74.9 Å². The number of aromatic nitrogens is 1. The predicted molar refractivity (Wildman–Crippen MR) is 203 cm³/mol. The maximum Gasteiger partial charge on any atom is 0.335 e. The summed E-state index contributed by atoms with van der Waals surface area (Å²) in [6, 6.07) is 27.1. The van der Waals surface area contributed by atoms with Crippen molar-refractivity contribution in [2.45, 2.75) is 30.6 Å². The molecule has 0 atom stereocenters. The molecule has 270 valence electrons. The highest BCUT2D eigenvalue weighted by Crippen LogP contribution is 2.32. The van der Waals surface area contributed by atoms with Crippen molar-refractivity contribution in [3.8, 4) is 11.5 Å². The van der Waals surface area contributed by atoms with E-state index in [0.29, 0.717) is 41.0 Å². The van der Waals surface area contributed by atoms with Crippen LogP contribution in [0.1, 0.15) is 40.4 Å². The summed E-state index contributed by atoms with van der Waals surface area (Å²) in [7, 11) is -1.44. The SMILES string of the molecule is COc1ccc(S(=O)(=O)N(CCNc2cc(C)nc3ccc(Cl)cc23)C(=O)Nc2ccc(C(=O)N3CCC(c4ccccc4)CC3)cc2OC)cc1. The summed E-state index contributed by atoms with van der Waals surface area (Å²) in [4.78, 5) is 33.7. The van der Waals surface area contributed by atoms with E-state index in [1.807, 2.05) is 42.2 Å². The first kappa shape index (κ1) is 36.5. The number of carbonyl (C=O) groups is 2. The summed E-state index contributed by atoms with van der Waals surface area (Å²) in [6.07, 6.45) is 1.72. The molecule has 0 saturated carbocycles. The van der Waals surface area contributed by atoms with Crippen LogP contribution in [0.5, 0.6) is 11.5 Å². The standard InChI is InChI=1S/C39H40ClN5O6S/c1-26-23-36(33-25-30(40)10-16-34(33)42-26)41-19-22-45(52(48,49)32-13-11-31(50-2)12-14-32)39(47)43-35-15-9-29(24-37(35)51-3)38(46)44-20-17-28(18-21-44)27-7-5-4-6-8-27/h4-16,23-25,28H,17-22H2,1-3H3,(H,41,42)(H,43,47). The number of fused-ring (bicyclic) bond motifs is 1. The number of anilines is 2. The van der Waals surface area contributed by atoms with E-state index in [0.717, 1.165) is 33.7 Å². The largest absolute Gasteiger partial charge is 0.497 e. The van der Waals surface area contributed by atoms with Gasteiger partial charge in [0.25, 0.3) is 15.9 Å². The molecule has 0 radical (unpaired) electrons. The molecule has 0 aliphatic carbocycles. The molecule has 13 heteroatoms. The second-order valence-corrected chi connectivity index (χ2v) is 14.8. The maximum absolute atomic E-state index is 14.0. The second kappa shape index (κ2) is 15.9. The fourth-order valence-electron chi connectivity index (χ4n) is 6.40. The number of sulfonamides is 1. The van der Waals surface area contributed by atoms with Crippen molar-refractivity contribution in [1.82, 2.24) is 14.2 Å². The van der Waals surface area contributed by atoms with Gasteiger partial charge in [0.05, 0.1) is 36.9 Å². The predicted octanol–water partition coefficient (Wildman–Crippen LogP) is 7.57. The Morgan fingerprint density at radius 1 is 0.904 bits per heavy atom. The lowest BCUT2D eigenvalue weighted by atomic mass is 9.89. The van der Waals surface area contributed by atoms with Gasteiger partial charge in [0.1, 0.15) is 11.5 Å². The van der Waals surface area contributed by atoms with Crippen LogP contribution in [-0.2, 0) is 10.0 Å². The van der Waals surface area contributed by atoms with E-state index in [-0.39, 0.29) is 35.3 Å². The van der Waals surface area contributed by atoms with Gasteiger partial charge in [0, 0.05) is 47.0 Å². The highest BCUT2D eigenvalue weighted by molar-refractivity contribution is 7.89. The molecule has 11 nitrogen and oxygen atoms in total. The summed E-state index contributed by atoms with van der Waals surface area (Å²) in [5.74, 6) is 0.943. The average molecular weight is 742 g/mol. The zero-order valence-corrected chi connectivity index (χ0v) is 30.7. The third-order valence-corrected chi connectivity index (χ3v) is 11.2. The zero-order chi connectivity index (χ0) is 36.8. The van der Waals surface area contributed by atoms with Crippen LogP contribution in [0, 0.1) is 6.92 Å². The number of halogens is 1. The third-order valence-electron chi connectivity index (χ3n) is 9.15. The number of ether oxygens (including phenoxy) is 2. The molecule has 0 bridgehead atoms. The monoisotopic (exact) mass is 741 g/mol. The fourth-order valence-corrected chi connectivity index (χ4v) is 7.91. The Kier molecular flexibility index (Phi) is 11.2. The Balaban J connectivity index is 1.20. The number of nitrogens with zero attached hydrogens (tertiary/aromatic N) is 3. The van der Waals surface area contributed by atoms with Crippen LogP contribution in [0.25, 0.3) is 10.9 Å². The summed E-state index contributed by atoms with van der Waals surface area (Å²) in [5.41, 5.74) is 4.06. The number of likely N-dealkylation sites (tertiary alicyclic amines) is 1. The molecule has 3 amide bonds. The average Bonchev–Trinajstić information content (AvgIpc) is 3.16. The molecular formula is C39H40ClN5O6S. The van der Waals surface area contributed by atoms with Gasteiger partial charge in [-0.3, -0.25) is 9.78 Å². The number of piperidine rings is 1. The molecule has 1 aromatic heterocycles. The van der Waals surface area contributed by atoms with Crippen LogP contribution in [0.3, 0.4) is 0 Å². The number of hydrogen-bond acceptors (Lipinski definition) is 8. The van der Waals surface area contributed by atoms with E-state index < -0.39 is 16.1 Å². The van der Waals surface area contributed by atoms with Crippen molar-refractivity contribution < 1.29 is 27.5 Å². The smallest absolute Gasteiger partial charge is 0.335 e. The highest BCUT2D eigenvalue weighted by atomic mass is 35.5. The van der Waals surface area contributed by atoms with Gasteiger partial charge in [-0.05, 0) is 98.0 Å². The maximum atomic E-state index is 14.0. The van der Waals surface area contributed by atoms with E-state index in [4.69, 9.17) is 21.1 Å². The first-order valence-corrected chi connectivity index (χ1v) is 18.7. The van der Waals surface area contributed by atoms with Crippen LogP contribution < -0.4 is 20.1 Å². The molecule has 2 heterocycles. The molecule has 52 heavy (non-hydrogen) atoms. The summed E-state index contributed by atoms with van der Waals surface area (Å²) in [6.45, 7) is 2.93. The van der Waals surface area contributed by atoms with Crippen LogP contribution in [0.4, 0.5) is 16.2 Å². The number of amides is 3. The molecule has 0 spiro atoms. The quantitative estimate of drug-likeness (QED) is 0.142. The summed E-state index contributed by atoms with van der Waals surface area (Å²) < 4.78 is 39.5. The normalized spacial score (nSPS) is 13.4. The first-order chi connectivity index (χ1) is 25.1. The molecule has 1 aliphatic rings. The Labute approximate surface area is 308 Å². The van der Waals surface area contributed by atoms with E-state index in [9.17, 15) is 18.0 Å². The fraction of sp³-hybridized carbons (Fsp3) is 0.256. The van der Waals surface area contributed by atoms with Crippen molar-refractivity contribution in [2.75, 3.05) is 51.0 Å². The molecular weight excluding hydrogens is 702 g/mol. The number of rotatable bonds is 11. The number of hydrogen-bond donors (Lipinski definition) is 2. The lowest BCUT2D eigenvalue weighted by molar-refractivity contribution is 0.0712. The van der Waals surface area contributed by atoms with E-state index in [1.165, 1.54) is 44.0 Å². The van der Waals surface area contributed by atoms with Gasteiger partial charge in [-0.1, -0.05) is 41.9 Å². The Morgan fingerprint density at radius 2 is 1.63 bits per heavy atom. The number of aryl methyl sites for hydroxylation is 1. The topological polar surface area (TPSA) is 130 Å². The van der Waals surface area contributed by atoms with Gasteiger partial charge in [0.2, 0.25) is 0 Å². The highest BCUT2D eigenvalue weighted by Gasteiger charge is 2.31. The van der Waals surface area contributed by atoms with E-state index in [2.05, 4.69) is 27.8 Å². The van der Waals surface area contributed by atoms with Gasteiger partial charge >= 0.3 is 6.03 Å². The molecule has 0 unspecified atom stereocenters. The number of methoxy groups -OCH3 is 2. The van der Waals surface area contributed by atoms with Crippen LogP contribution in [0.2, 0.25) is 5.02 Å². The Bertz CT molecular complexity index is 2180. The van der Waals surface area contributed by atoms with Gasteiger partial charge in [0.15, 0.2) is 0 Å². The van der Waals surface area contributed by atoms with Crippen LogP contribution >= 0.6 is 11.6 Å². The van der Waals surface area contributed by atoms with E-state index >= 15 is 0 Å². The Morgan fingerprint density at radius 3 is 2.33 bits per heavy atom. The zero-order valence-electron chi connectivity index (χ0n) is 29.1. The van der Waals surface area contributed by atoms with Crippen molar-refractivity contribution in [3.05, 3.63) is 119 Å². The van der Waals surface area contributed by atoms with Crippen molar-refractivity contribution in [3.63, 3.8) is 0 Å². The van der Waals surface area contributed by atoms with E-state index in [1.54, 1.807) is 30.3 Å². The summed E-state index contributed by atoms with van der Waals surface area (Å²) >= 11 is 6.26. The first-order valence-electron chi connectivity index (χ1n) is 16.9. The van der Waals surface area contributed by atoms with Gasteiger partial charge in [-0.2, -0.15) is 0 Å². The molecule has 1 fully saturated rings. The third kappa shape index (κ3) is 8.08. The molecule has 1 saturated heterocycles. The second-order valence-electron chi connectivity index (χ2n) is 12.5. The van der Waals surface area contributed by atoms with Crippen molar-refractivity contribution in [1.29, 1.82) is 0 Å². The number of nitrogens with one attached hydrogen (secondary N) is 2. The molecule has 6 rings (SSSR count). The minimum absolute atomic E-state index is 0.0689. The number of benzene rings is 4.